The maximum atomic E-state index is 13.3. The molecule has 0 aromatic heterocycles. The Balaban J connectivity index is 1.81. The minimum Gasteiger partial charge on any atom is -0.438 e. The van der Waals surface area contributed by atoms with Crippen molar-refractivity contribution in [3.63, 3.8) is 0 Å². The van der Waals surface area contributed by atoms with Gasteiger partial charge in [-0.15, -0.1) is 0 Å². The Bertz CT molecular complexity index is 766. The first kappa shape index (κ1) is 18.9. The summed E-state index contributed by atoms with van der Waals surface area (Å²) in [4.78, 5) is 14.5. The van der Waals surface area contributed by atoms with Crippen molar-refractivity contribution in [1.82, 2.24) is 4.90 Å². The van der Waals surface area contributed by atoms with Gasteiger partial charge in [0.25, 0.3) is 0 Å². The van der Waals surface area contributed by atoms with Crippen molar-refractivity contribution in [3.8, 4) is 0 Å². The van der Waals surface area contributed by atoms with Gasteiger partial charge in [0.05, 0.1) is 6.04 Å². The molecule has 4 nitrogen and oxygen atoms in total. The molecule has 1 saturated heterocycles. The lowest BCUT2D eigenvalue weighted by atomic mass is 9.85. The highest BCUT2D eigenvalue weighted by Crippen LogP contribution is 2.39. The molecule has 1 heterocycles. The lowest BCUT2D eigenvalue weighted by molar-refractivity contribution is -0.0640. The van der Waals surface area contributed by atoms with Gasteiger partial charge in [0.2, 0.25) is 0 Å². The minimum atomic E-state index is -0.796. The zero-order valence-corrected chi connectivity index (χ0v) is 16.2. The van der Waals surface area contributed by atoms with E-state index >= 15 is 0 Å². The fraction of sp³-hybridized carbons (Fsp3) is 0.350. The summed E-state index contributed by atoms with van der Waals surface area (Å²) in [7, 11) is 0. The van der Waals surface area contributed by atoms with E-state index in [2.05, 4.69) is 15.9 Å². The first-order valence-corrected chi connectivity index (χ1v) is 9.46. The van der Waals surface area contributed by atoms with Gasteiger partial charge in [-0.05, 0) is 48.9 Å². The number of cyclic esters (lactones) is 1. The lowest BCUT2D eigenvalue weighted by Crippen LogP contribution is -2.49. The van der Waals surface area contributed by atoms with Gasteiger partial charge in [-0.3, -0.25) is 0 Å². The summed E-state index contributed by atoms with van der Waals surface area (Å²) in [5, 5.41) is 0. The fourth-order valence-electron chi connectivity index (χ4n) is 3.45. The number of rotatable bonds is 5. The molecule has 0 aliphatic carbocycles. The van der Waals surface area contributed by atoms with Gasteiger partial charge in [0.15, 0.2) is 0 Å². The third kappa shape index (κ3) is 3.76. The normalized spacial score (nSPS) is 21.4. The van der Waals surface area contributed by atoms with Crippen molar-refractivity contribution >= 4 is 22.0 Å². The summed E-state index contributed by atoms with van der Waals surface area (Å²) in [5.74, 6) is -0.315. The molecule has 1 aliphatic rings. The second kappa shape index (κ2) is 7.76. The molecule has 2 aromatic carbocycles. The summed E-state index contributed by atoms with van der Waals surface area (Å²) in [6.45, 7) is 2.92. The monoisotopic (exact) mass is 420 g/mol. The molecule has 26 heavy (non-hydrogen) atoms. The second-order valence-electron chi connectivity index (χ2n) is 6.58. The number of carbonyl (C=O) groups excluding carboxylic acids is 1. The number of amides is 1. The first-order valence-electron chi connectivity index (χ1n) is 8.66. The molecule has 2 aromatic rings. The van der Waals surface area contributed by atoms with Crippen molar-refractivity contribution in [3.05, 3.63) is 69.9 Å². The fourth-order valence-corrected chi connectivity index (χ4v) is 3.72. The molecule has 0 radical (unpaired) electrons. The largest absolute Gasteiger partial charge is 0.438 e. The highest BCUT2D eigenvalue weighted by molar-refractivity contribution is 9.10. The van der Waals surface area contributed by atoms with E-state index in [0.717, 1.165) is 15.6 Å². The molecule has 0 bridgehead atoms. The molecule has 2 atom stereocenters. The van der Waals surface area contributed by atoms with E-state index < -0.39 is 5.60 Å². The van der Waals surface area contributed by atoms with Gasteiger partial charge >= 0.3 is 6.09 Å². The second-order valence-corrected chi connectivity index (χ2v) is 7.49. The van der Waals surface area contributed by atoms with Crippen LogP contribution in [0.1, 0.15) is 36.9 Å². The van der Waals surface area contributed by atoms with Gasteiger partial charge in [-0.25, -0.2) is 9.18 Å². The van der Waals surface area contributed by atoms with Crippen LogP contribution in [0.25, 0.3) is 0 Å². The summed E-state index contributed by atoms with van der Waals surface area (Å²) in [6.07, 6.45) is 0.747. The predicted octanol–water partition coefficient (Wildman–Crippen LogP) is 4.74. The lowest BCUT2D eigenvalue weighted by Gasteiger charge is -2.43. The molecular formula is C20H22BrFN2O2. The number of ether oxygens (including phenoxy) is 1. The SMILES string of the molecule is C[C@@H](c1ccc(Br)cc1)N1CC[C@](CCN)(c2ccc(F)cc2)OC1=O. The van der Waals surface area contributed by atoms with Crippen LogP contribution in [0.5, 0.6) is 0 Å². The number of nitrogens with zero attached hydrogens (tertiary/aromatic N) is 1. The van der Waals surface area contributed by atoms with Gasteiger partial charge in [-0.1, -0.05) is 40.2 Å². The van der Waals surface area contributed by atoms with E-state index in [9.17, 15) is 9.18 Å². The van der Waals surface area contributed by atoms with E-state index in [0.29, 0.717) is 25.9 Å². The summed E-state index contributed by atoms with van der Waals surface area (Å²) < 4.78 is 20.2. The Kier molecular flexibility index (Phi) is 5.63. The van der Waals surface area contributed by atoms with E-state index in [4.69, 9.17) is 10.5 Å². The molecule has 6 heteroatoms. The van der Waals surface area contributed by atoms with Gasteiger partial charge in [0, 0.05) is 23.9 Å². The van der Waals surface area contributed by atoms with Crippen LogP contribution in [-0.2, 0) is 10.3 Å². The molecule has 3 rings (SSSR count). The number of carbonyl (C=O) groups is 1. The van der Waals surface area contributed by atoms with E-state index in [-0.39, 0.29) is 18.0 Å². The molecule has 1 aliphatic heterocycles. The summed E-state index contributed by atoms with van der Waals surface area (Å²) >= 11 is 3.42. The average molecular weight is 421 g/mol. The first-order chi connectivity index (χ1) is 12.4. The Hall–Kier alpha value is -1.92. The number of hydrogen-bond donors (Lipinski definition) is 1. The van der Waals surface area contributed by atoms with Crippen LogP contribution in [0, 0.1) is 5.82 Å². The van der Waals surface area contributed by atoms with Crippen LogP contribution in [0.3, 0.4) is 0 Å². The van der Waals surface area contributed by atoms with E-state index in [1.807, 2.05) is 31.2 Å². The predicted molar refractivity (Wildman–Crippen MR) is 102 cm³/mol. The van der Waals surface area contributed by atoms with Crippen molar-refractivity contribution in [2.45, 2.75) is 31.4 Å². The molecule has 1 amide bonds. The Morgan fingerprint density at radius 3 is 2.46 bits per heavy atom. The molecule has 2 N–H and O–H groups in total. The molecule has 0 spiro atoms. The van der Waals surface area contributed by atoms with Gasteiger partial charge in [0.1, 0.15) is 11.4 Å². The Morgan fingerprint density at radius 1 is 1.23 bits per heavy atom. The summed E-state index contributed by atoms with van der Waals surface area (Å²) in [6, 6.07) is 13.9. The van der Waals surface area contributed by atoms with Crippen molar-refractivity contribution in [2.24, 2.45) is 5.73 Å². The standard InChI is InChI=1S/C20H22BrFN2O2/c1-14(15-2-6-17(21)7-3-15)24-13-11-20(10-12-23,26-19(24)25)16-4-8-18(22)9-5-16/h2-9,14H,10-13,23H2,1H3/t14-,20+/m0/s1. The van der Waals surface area contributed by atoms with Crippen LogP contribution in [0.2, 0.25) is 0 Å². The highest BCUT2D eigenvalue weighted by Gasteiger charge is 2.43. The molecule has 1 fully saturated rings. The van der Waals surface area contributed by atoms with Crippen LogP contribution in [-0.4, -0.2) is 24.1 Å². The third-order valence-electron chi connectivity index (χ3n) is 5.01. The highest BCUT2D eigenvalue weighted by atomic mass is 79.9. The van der Waals surface area contributed by atoms with Crippen LogP contribution >= 0.6 is 15.9 Å². The number of benzene rings is 2. The third-order valence-corrected chi connectivity index (χ3v) is 5.54. The Morgan fingerprint density at radius 2 is 1.88 bits per heavy atom. The molecular weight excluding hydrogens is 399 g/mol. The zero-order chi connectivity index (χ0) is 18.7. The number of nitrogens with two attached hydrogens (primary N) is 1. The Labute approximate surface area is 161 Å². The minimum absolute atomic E-state index is 0.0975. The van der Waals surface area contributed by atoms with Crippen molar-refractivity contribution < 1.29 is 13.9 Å². The quantitative estimate of drug-likeness (QED) is 0.759. The zero-order valence-electron chi connectivity index (χ0n) is 14.6. The maximum Gasteiger partial charge on any atom is 0.411 e. The van der Waals surface area contributed by atoms with E-state index in [1.54, 1.807) is 17.0 Å². The van der Waals surface area contributed by atoms with Crippen LogP contribution in [0.15, 0.2) is 53.0 Å². The maximum absolute atomic E-state index is 13.3. The average Bonchev–Trinajstić information content (AvgIpc) is 2.63. The van der Waals surface area contributed by atoms with Crippen molar-refractivity contribution in [1.29, 1.82) is 0 Å². The summed E-state index contributed by atoms with van der Waals surface area (Å²) in [5.41, 5.74) is 6.80. The van der Waals surface area contributed by atoms with Crippen LogP contribution in [0.4, 0.5) is 9.18 Å². The topological polar surface area (TPSA) is 55.6 Å². The van der Waals surface area contributed by atoms with Crippen molar-refractivity contribution in [2.75, 3.05) is 13.1 Å². The molecule has 0 unspecified atom stereocenters. The molecule has 0 saturated carbocycles. The molecule has 138 valence electrons. The van der Waals surface area contributed by atoms with E-state index in [1.165, 1.54) is 12.1 Å². The smallest absolute Gasteiger partial charge is 0.411 e. The number of halogens is 2. The number of hydrogen-bond acceptors (Lipinski definition) is 3. The van der Waals surface area contributed by atoms with Crippen LogP contribution < -0.4 is 5.73 Å². The van der Waals surface area contributed by atoms with Gasteiger partial charge in [-0.2, -0.15) is 0 Å². The van der Waals surface area contributed by atoms with Gasteiger partial charge < -0.3 is 15.4 Å².